The van der Waals surface area contributed by atoms with Crippen LogP contribution in [0.15, 0.2) is 41.3 Å². The Balaban J connectivity index is 1.74. The molecule has 0 fully saturated rings. The van der Waals surface area contributed by atoms with Crippen LogP contribution >= 0.6 is 23.2 Å². The summed E-state index contributed by atoms with van der Waals surface area (Å²) in [6.07, 6.45) is 0. The van der Waals surface area contributed by atoms with Crippen molar-refractivity contribution in [3.63, 3.8) is 0 Å². The van der Waals surface area contributed by atoms with E-state index in [1.807, 2.05) is 0 Å². The summed E-state index contributed by atoms with van der Waals surface area (Å²) in [5, 5.41) is 0.0803. The maximum Gasteiger partial charge on any atom is 0.263 e. The van der Waals surface area contributed by atoms with Crippen LogP contribution in [0.5, 0.6) is 28.7 Å². The van der Waals surface area contributed by atoms with Crippen molar-refractivity contribution in [3.05, 3.63) is 52.4 Å². The molecule has 13 heteroatoms. The second-order valence-corrected chi connectivity index (χ2v) is 9.01. The van der Waals surface area contributed by atoms with Gasteiger partial charge in [-0.25, -0.2) is 18.4 Å². The molecule has 4 rings (SSSR count). The van der Waals surface area contributed by atoms with Crippen molar-refractivity contribution in [1.29, 1.82) is 0 Å². The predicted octanol–water partition coefficient (Wildman–Crippen LogP) is 4.26. The Morgan fingerprint density at radius 2 is 1.85 bits per heavy atom. The molecular weight excluding hydrogens is 497 g/mol. The summed E-state index contributed by atoms with van der Waals surface area (Å²) < 4.78 is 55.1. The minimum atomic E-state index is -4.13. The van der Waals surface area contributed by atoms with E-state index in [0.29, 0.717) is 17.2 Å². The topological polar surface area (TPSA) is 118 Å². The van der Waals surface area contributed by atoms with E-state index in [9.17, 15) is 8.42 Å². The van der Waals surface area contributed by atoms with E-state index >= 15 is 0 Å². The van der Waals surface area contributed by atoms with Crippen LogP contribution in [-0.2, 0) is 21.4 Å². The third kappa shape index (κ3) is 5.01. The predicted molar refractivity (Wildman–Crippen MR) is 119 cm³/mol. The molecule has 0 unspecified atom stereocenters. The van der Waals surface area contributed by atoms with Crippen LogP contribution in [0.1, 0.15) is 5.82 Å². The second kappa shape index (κ2) is 9.48. The van der Waals surface area contributed by atoms with Gasteiger partial charge in [-0.3, -0.25) is 4.72 Å². The lowest BCUT2D eigenvalue weighted by Gasteiger charge is -2.16. The Bertz CT molecular complexity index is 1310. The number of hydrogen-bond donors (Lipinski definition) is 1. The molecule has 0 aliphatic carbocycles. The minimum Gasteiger partial charge on any atom is -0.497 e. The minimum absolute atomic E-state index is 0.00739. The fraction of sp³-hybridized carbons (Fsp3) is 0.200. The molecule has 0 spiro atoms. The summed E-state index contributed by atoms with van der Waals surface area (Å²) in [4.78, 5) is 8.23. The summed E-state index contributed by atoms with van der Waals surface area (Å²) in [5.74, 6) is 1.13. The first-order valence-electron chi connectivity index (χ1n) is 9.30. The smallest absolute Gasteiger partial charge is 0.263 e. The zero-order chi connectivity index (χ0) is 23.6. The quantitative estimate of drug-likeness (QED) is 0.440. The molecule has 10 nitrogen and oxygen atoms in total. The largest absolute Gasteiger partial charge is 0.497 e. The van der Waals surface area contributed by atoms with Crippen molar-refractivity contribution in [2.24, 2.45) is 0 Å². The van der Waals surface area contributed by atoms with Crippen molar-refractivity contribution >= 4 is 39.0 Å². The lowest BCUT2D eigenvalue weighted by atomic mass is 10.3. The van der Waals surface area contributed by atoms with Gasteiger partial charge in [0.05, 0.1) is 17.0 Å². The normalized spacial score (nSPS) is 12.5. The maximum atomic E-state index is 13.1. The van der Waals surface area contributed by atoms with Crippen LogP contribution in [0.25, 0.3) is 0 Å². The van der Waals surface area contributed by atoms with Gasteiger partial charge in [0.25, 0.3) is 10.0 Å². The molecule has 0 amide bonds. The highest BCUT2D eigenvalue weighted by atomic mass is 35.5. The van der Waals surface area contributed by atoms with Gasteiger partial charge in [0.1, 0.15) is 18.1 Å². The average molecular weight is 514 g/mol. The standard InChI is InChI=1S/C20H17Cl2N3O7S/c1-28-9-17-23-19(22)18(32-15-7-11(29-2)3-5-13(15)21)20(24-17)25-33(26,27)12-4-6-14-16(8-12)31-10-30-14/h3-8H,9-10H2,1-2H3,(H,23,24,25). The number of methoxy groups -OCH3 is 2. The first-order valence-corrected chi connectivity index (χ1v) is 11.5. The molecule has 174 valence electrons. The Morgan fingerprint density at radius 3 is 2.61 bits per heavy atom. The molecular formula is C20H17Cl2N3O7S. The average Bonchev–Trinajstić information content (AvgIpc) is 3.25. The fourth-order valence-electron chi connectivity index (χ4n) is 2.85. The second-order valence-electron chi connectivity index (χ2n) is 6.56. The number of halogens is 2. The van der Waals surface area contributed by atoms with E-state index in [1.54, 1.807) is 12.1 Å². The summed E-state index contributed by atoms with van der Waals surface area (Å²) in [6, 6.07) is 8.90. The van der Waals surface area contributed by atoms with Gasteiger partial charge in [-0.2, -0.15) is 0 Å². The van der Waals surface area contributed by atoms with Crippen molar-refractivity contribution in [2.45, 2.75) is 11.5 Å². The van der Waals surface area contributed by atoms with Crippen LogP contribution in [0.4, 0.5) is 5.82 Å². The number of benzene rings is 2. The Labute approximate surface area is 199 Å². The van der Waals surface area contributed by atoms with Crippen LogP contribution < -0.4 is 23.7 Å². The summed E-state index contributed by atoms with van der Waals surface area (Å²) >= 11 is 12.5. The van der Waals surface area contributed by atoms with Crippen molar-refractivity contribution in [1.82, 2.24) is 9.97 Å². The van der Waals surface area contributed by atoms with Crippen LogP contribution in [0.3, 0.4) is 0 Å². The van der Waals surface area contributed by atoms with Gasteiger partial charge in [-0.15, -0.1) is 0 Å². The highest BCUT2D eigenvalue weighted by molar-refractivity contribution is 7.92. The van der Waals surface area contributed by atoms with Gasteiger partial charge in [0.2, 0.25) is 12.5 Å². The van der Waals surface area contributed by atoms with Crippen molar-refractivity contribution in [3.8, 4) is 28.7 Å². The number of nitrogens with zero attached hydrogens (tertiary/aromatic N) is 2. The monoisotopic (exact) mass is 513 g/mol. The number of fused-ring (bicyclic) bond motifs is 1. The molecule has 0 atom stereocenters. The molecule has 0 bridgehead atoms. The van der Waals surface area contributed by atoms with Gasteiger partial charge in [-0.05, 0) is 24.3 Å². The van der Waals surface area contributed by atoms with Crippen LogP contribution in [-0.4, -0.2) is 39.4 Å². The molecule has 33 heavy (non-hydrogen) atoms. The van der Waals surface area contributed by atoms with Crippen molar-refractivity contribution in [2.75, 3.05) is 25.7 Å². The van der Waals surface area contributed by atoms with E-state index in [4.69, 9.17) is 46.9 Å². The summed E-state index contributed by atoms with van der Waals surface area (Å²) in [5.41, 5.74) is 0. The summed E-state index contributed by atoms with van der Waals surface area (Å²) in [6.45, 7) is -0.00783. The number of aromatic nitrogens is 2. The number of anilines is 1. The Hall–Kier alpha value is -2.99. The molecule has 2 aromatic carbocycles. The van der Waals surface area contributed by atoms with E-state index in [-0.39, 0.29) is 51.6 Å². The van der Waals surface area contributed by atoms with Crippen LogP contribution in [0, 0.1) is 0 Å². The van der Waals surface area contributed by atoms with Gasteiger partial charge in [0.15, 0.2) is 28.3 Å². The van der Waals surface area contributed by atoms with E-state index in [2.05, 4.69) is 14.7 Å². The molecule has 0 saturated heterocycles. The number of nitrogens with one attached hydrogen (secondary N) is 1. The Morgan fingerprint density at radius 1 is 1.06 bits per heavy atom. The Kier molecular flexibility index (Phi) is 6.66. The lowest BCUT2D eigenvalue weighted by molar-refractivity contribution is 0.174. The zero-order valence-corrected chi connectivity index (χ0v) is 19.6. The molecule has 1 aliphatic heterocycles. The first kappa shape index (κ1) is 23.2. The van der Waals surface area contributed by atoms with Gasteiger partial charge in [0, 0.05) is 19.2 Å². The third-order valence-corrected chi connectivity index (χ3v) is 6.28. The zero-order valence-electron chi connectivity index (χ0n) is 17.3. The number of hydrogen-bond acceptors (Lipinski definition) is 9. The molecule has 0 radical (unpaired) electrons. The molecule has 3 aromatic rings. The first-order chi connectivity index (χ1) is 15.8. The van der Waals surface area contributed by atoms with Gasteiger partial charge >= 0.3 is 0 Å². The SMILES string of the molecule is COCc1nc(Cl)c(Oc2cc(OC)ccc2Cl)c(NS(=O)(=O)c2ccc3c(c2)OCO3)n1. The highest BCUT2D eigenvalue weighted by Gasteiger charge is 2.25. The highest BCUT2D eigenvalue weighted by Crippen LogP contribution is 2.40. The van der Waals surface area contributed by atoms with E-state index < -0.39 is 10.0 Å². The van der Waals surface area contributed by atoms with Gasteiger partial charge < -0.3 is 23.7 Å². The summed E-state index contributed by atoms with van der Waals surface area (Å²) in [7, 11) is -1.22. The molecule has 0 saturated carbocycles. The third-order valence-electron chi connectivity index (χ3n) is 4.38. The molecule has 1 aliphatic rings. The maximum absolute atomic E-state index is 13.1. The fourth-order valence-corrected chi connectivity index (χ4v) is 4.25. The van der Waals surface area contributed by atoms with Gasteiger partial charge in [-0.1, -0.05) is 23.2 Å². The molecule has 2 heterocycles. The van der Waals surface area contributed by atoms with Crippen LogP contribution in [0.2, 0.25) is 10.2 Å². The molecule has 1 aromatic heterocycles. The van der Waals surface area contributed by atoms with Crippen molar-refractivity contribution < 1.29 is 32.1 Å². The van der Waals surface area contributed by atoms with E-state index in [1.165, 1.54) is 38.5 Å². The lowest BCUT2D eigenvalue weighted by Crippen LogP contribution is -2.16. The number of sulfonamides is 1. The number of ether oxygens (including phenoxy) is 5. The van der Waals surface area contributed by atoms with E-state index in [0.717, 1.165) is 0 Å². The number of rotatable bonds is 8. The molecule has 1 N–H and O–H groups in total.